The zero-order chi connectivity index (χ0) is 21.3. The number of benzene rings is 2. The van der Waals surface area contributed by atoms with Gasteiger partial charge >= 0.3 is 6.03 Å². The van der Waals surface area contributed by atoms with E-state index in [1.54, 1.807) is 13.2 Å². The second-order valence-corrected chi connectivity index (χ2v) is 7.30. The molecule has 6 heteroatoms. The third kappa shape index (κ3) is 3.72. The molecule has 0 aliphatic carbocycles. The maximum absolute atomic E-state index is 12.9. The van der Waals surface area contributed by atoms with Crippen molar-refractivity contribution >= 4 is 18.0 Å². The topological polar surface area (TPSA) is 63.6 Å². The molecule has 30 heavy (non-hydrogen) atoms. The molecule has 1 saturated heterocycles. The van der Waals surface area contributed by atoms with Crippen LogP contribution in [0.5, 0.6) is 5.75 Å². The van der Waals surface area contributed by atoms with Gasteiger partial charge in [-0.1, -0.05) is 29.8 Å². The largest absolute Gasteiger partial charge is 0.497 e. The van der Waals surface area contributed by atoms with Crippen molar-refractivity contribution in [3.8, 4) is 11.4 Å². The highest BCUT2D eigenvalue weighted by molar-refractivity contribution is 6.13. The van der Waals surface area contributed by atoms with Gasteiger partial charge in [-0.25, -0.2) is 4.79 Å². The lowest BCUT2D eigenvalue weighted by Gasteiger charge is -2.12. The van der Waals surface area contributed by atoms with E-state index in [-0.39, 0.29) is 18.1 Å². The number of urea groups is 1. The van der Waals surface area contributed by atoms with Crippen molar-refractivity contribution in [2.75, 3.05) is 7.11 Å². The van der Waals surface area contributed by atoms with Gasteiger partial charge in [-0.05, 0) is 61.9 Å². The Morgan fingerprint density at radius 3 is 2.30 bits per heavy atom. The Morgan fingerprint density at radius 1 is 0.933 bits per heavy atom. The average molecular weight is 401 g/mol. The fraction of sp³-hybridized carbons (Fsp3) is 0.167. The Balaban J connectivity index is 1.61. The highest BCUT2D eigenvalue weighted by Crippen LogP contribution is 2.23. The monoisotopic (exact) mass is 401 g/mol. The molecular weight excluding hydrogens is 378 g/mol. The first-order chi connectivity index (χ1) is 14.5. The summed E-state index contributed by atoms with van der Waals surface area (Å²) >= 11 is 0. The lowest BCUT2D eigenvalue weighted by molar-refractivity contribution is -0.123. The van der Waals surface area contributed by atoms with E-state index in [1.165, 1.54) is 4.90 Å². The van der Waals surface area contributed by atoms with Crippen LogP contribution in [-0.2, 0) is 11.3 Å². The minimum Gasteiger partial charge on any atom is -0.497 e. The number of nitrogens with one attached hydrogen (secondary N) is 1. The molecule has 0 unspecified atom stereocenters. The molecule has 1 aromatic heterocycles. The van der Waals surface area contributed by atoms with Gasteiger partial charge in [0, 0.05) is 17.1 Å². The first kappa shape index (κ1) is 19.5. The standard InChI is InChI=1S/C24H23N3O3/c1-16-4-7-18(8-5-16)15-26-23(28)22(25-24(26)29)14-20-9-6-17(2)27(20)19-10-12-21(30-3)13-11-19/h4-14H,15H2,1-3H3,(H,25,29)/b22-14-. The Morgan fingerprint density at radius 2 is 1.63 bits per heavy atom. The lowest BCUT2D eigenvalue weighted by Crippen LogP contribution is -2.30. The summed E-state index contributed by atoms with van der Waals surface area (Å²) in [5.41, 5.74) is 5.06. The summed E-state index contributed by atoms with van der Waals surface area (Å²) in [5.74, 6) is 0.439. The Kier molecular flexibility index (Phi) is 5.14. The van der Waals surface area contributed by atoms with Crippen LogP contribution in [0.4, 0.5) is 4.79 Å². The Labute approximate surface area is 175 Å². The van der Waals surface area contributed by atoms with E-state index in [0.29, 0.717) is 0 Å². The van der Waals surface area contributed by atoms with Gasteiger partial charge in [-0.2, -0.15) is 0 Å². The van der Waals surface area contributed by atoms with Gasteiger partial charge in [0.2, 0.25) is 0 Å². The third-order valence-electron chi connectivity index (χ3n) is 5.15. The number of rotatable bonds is 5. The normalized spacial score (nSPS) is 15.0. The van der Waals surface area contributed by atoms with Gasteiger partial charge < -0.3 is 14.6 Å². The smallest absolute Gasteiger partial charge is 0.329 e. The molecule has 0 radical (unpaired) electrons. The zero-order valence-electron chi connectivity index (χ0n) is 17.2. The highest BCUT2D eigenvalue weighted by atomic mass is 16.5. The fourth-order valence-electron chi connectivity index (χ4n) is 3.49. The molecule has 1 fully saturated rings. The van der Waals surface area contributed by atoms with E-state index in [0.717, 1.165) is 34.0 Å². The molecule has 2 aromatic carbocycles. The molecular formula is C24H23N3O3. The number of aromatic nitrogens is 1. The minimum absolute atomic E-state index is 0.237. The summed E-state index contributed by atoms with van der Waals surface area (Å²) in [4.78, 5) is 26.5. The van der Waals surface area contributed by atoms with Gasteiger partial charge in [0.15, 0.2) is 0 Å². The van der Waals surface area contributed by atoms with Crippen molar-refractivity contribution in [2.24, 2.45) is 0 Å². The quantitative estimate of drug-likeness (QED) is 0.515. The molecule has 1 aliphatic heterocycles. The first-order valence-corrected chi connectivity index (χ1v) is 9.69. The number of aryl methyl sites for hydroxylation is 2. The summed E-state index contributed by atoms with van der Waals surface area (Å²) in [7, 11) is 1.63. The summed E-state index contributed by atoms with van der Waals surface area (Å²) < 4.78 is 7.25. The highest BCUT2D eigenvalue weighted by Gasteiger charge is 2.33. The van der Waals surface area contributed by atoms with Crippen molar-refractivity contribution in [2.45, 2.75) is 20.4 Å². The van der Waals surface area contributed by atoms with Gasteiger partial charge in [0.1, 0.15) is 11.4 Å². The molecule has 2 heterocycles. The van der Waals surface area contributed by atoms with E-state index in [2.05, 4.69) is 5.32 Å². The summed E-state index contributed by atoms with van der Waals surface area (Å²) in [6, 6.07) is 19.0. The zero-order valence-corrected chi connectivity index (χ0v) is 17.2. The van der Waals surface area contributed by atoms with E-state index >= 15 is 0 Å². The molecule has 3 aromatic rings. The van der Waals surface area contributed by atoms with Gasteiger partial charge in [-0.3, -0.25) is 9.69 Å². The predicted molar refractivity (Wildman–Crippen MR) is 115 cm³/mol. The minimum atomic E-state index is -0.411. The van der Waals surface area contributed by atoms with Crippen LogP contribution in [0.2, 0.25) is 0 Å². The molecule has 0 bridgehead atoms. The molecule has 152 valence electrons. The number of hydrogen-bond donors (Lipinski definition) is 1. The van der Waals surface area contributed by atoms with Gasteiger partial charge in [0.25, 0.3) is 5.91 Å². The van der Waals surface area contributed by atoms with Crippen molar-refractivity contribution in [3.63, 3.8) is 0 Å². The number of imide groups is 1. The predicted octanol–water partition coefficient (Wildman–Crippen LogP) is 4.20. The summed E-state index contributed by atoms with van der Waals surface area (Å²) in [6.07, 6.45) is 1.71. The van der Waals surface area contributed by atoms with Crippen molar-refractivity contribution in [1.82, 2.24) is 14.8 Å². The molecule has 6 nitrogen and oxygen atoms in total. The van der Waals surface area contributed by atoms with Crippen molar-refractivity contribution in [3.05, 3.63) is 88.9 Å². The van der Waals surface area contributed by atoms with E-state index in [9.17, 15) is 9.59 Å². The number of ether oxygens (including phenoxy) is 1. The molecule has 0 atom stereocenters. The average Bonchev–Trinajstić information content (AvgIpc) is 3.24. The number of carbonyl (C=O) groups is 2. The summed E-state index contributed by atoms with van der Waals surface area (Å²) in [6.45, 7) is 4.23. The maximum atomic E-state index is 12.9. The van der Waals surface area contributed by atoms with Crippen molar-refractivity contribution in [1.29, 1.82) is 0 Å². The van der Waals surface area contributed by atoms with E-state index < -0.39 is 6.03 Å². The van der Waals surface area contributed by atoms with Crippen LogP contribution in [0.15, 0.2) is 66.4 Å². The summed E-state index contributed by atoms with van der Waals surface area (Å²) in [5, 5.41) is 2.71. The maximum Gasteiger partial charge on any atom is 0.329 e. The molecule has 4 rings (SSSR count). The van der Waals surface area contributed by atoms with Gasteiger partial charge in [0.05, 0.1) is 13.7 Å². The van der Waals surface area contributed by atoms with Crippen molar-refractivity contribution < 1.29 is 14.3 Å². The number of carbonyl (C=O) groups excluding carboxylic acids is 2. The molecule has 1 N–H and O–H groups in total. The van der Waals surface area contributed by atoms with Crippen LogP contribution in [0.1, 0.15) is 22.5 Å². The number of hydrogen-bond acceptors (Lipinski definition) is 3. The van der Waals surface area contributed by atoms with E-state index in [1.807, 2.05) is 79.1 Å². The van der Waals surface area contributed by atoms with Crippen LogP contribution in [0, 0.1) is 13.8 Å². The van der Waals surface area contributed by atoms with Crippen LogP contribution in [-0.4, -0.2) is 28.5 Å². The first-order valence-electron chi connectivity index (χ1n) is 9.69. The molecule has 3 amide bonds. The molecule has 0 saturated carbocycles. The number of nitrogens with zero attached hydrogens (tertiary/aromatic N) is 2. The van der Waals surface area contributed by atoms with Crippen LogP contribution in [0.3, 0.4) is 0 Å². The van der Waals surface area contributed by atoms with Crippen LogP contribution >= 0.6 is 0 Å². The number of amides is 3. The fourth-order valence-corrected chi connectivity index (χ4v) is 3.49. The molecule has 0 spiro atoms. The Hall–Kier alpha value is -3.80. The second-order valence-electron chi connectivity index (χ2n) is 7.30. The van der Waals surface area contributed by atoms with Gasteiger partial charge in [-0.15, -0.1) is 0 Å². The number of methoxy groups -OCH3 is 1. The second kappa shape index (κ2) is 7.91. The SMILES string of the molecule is COc1ccc(-n2c(C)ccc2/C=C2\NC(=O)N(Cc3ccc(C)cc3)C2=O)cc1. The Bertz CT molecular complexity index is 1130. The molecule has 1 aliphatic rings. The third-order valence-corrected chi connectivity index (χ3v) is 5.15. The van der Waals surface area contributed by atoms with E-state index in [4.69, 9.17) is 4.74 Å². The lowest BCUT2D eigenvalue weighted by atomic mass is 10.1. The van der Waals surface area contributed by atoms with Crippen LogP contribution < -0.4 is 10.1 Å². The van der Waals surface area contributed by atoms with Crippen LogP contribution in [0.25, 0.3) is 11.8 Å².